The Hall–Kier alpha value is -3.60. The largest absolute Gasteiger partial charge is 0.494 e. The highest BCUT2D eigenvalue weighted by Crippen LogP contribution is 2.36. The summed E-state index contributed by atoms with van der Waals surface area (Å²) in [5, 5.41) is 0. The number of rotatable bonds is 9. The van der Waals surface area contributed by atoms with Gasteiger partial charge in [0.1, 0.15) is 11.6 Å². The van der Waals surface area contributed by atoms with E-state index in [1.807, 2.05) is 17.0 Å². The molecule has 2 atom stereocenters. The summed E-state index contributed by atoms with van der Waals surface area (Å²) in [4.78, 5) is 20.1. The van der Waals surface area contributed by atoms with E-state index < -0.39 is 0 Å². The molecule has 37 heavy (non-hydrogen) atoms. The molecule has 1 amide bonds. The summed E-state index contributed by atoms with van der Waals surface area (Å²) in [5.41, 5.74) is 6.77. The summed E-state index contributed by atoms with van der Waals surface area (Å²) in [7, 11) is 0. The van der Waals surface area contributed by atoms with Crippen molar-refractivity contribution in [2.24, 2.45) is 0 Å². The maximum Gasteiger partial charge on any atom is 0.227 e. The fraction of sp³-hybridized carbons (Fsp3) is 0.375. The molecule has 1 fully saturated rings. The van der Waals surface area contributed by atoms with Crippen molar-refractivity contribution in [3.63, 3.8) is 0 Å². The Morgan fingerprint density at radius 1 is 1.00 bits per heavy atom. The van der Waals surface area contributed by atoms with Gasteiger partial charge < -0.3 is 14.2 Å². The first-order valence-corrected chi connectivity index (χ1v) is 13.5. The number of nitrogens with zero attached hydrogens (tertiary/aromatic N) is 3. The first kappa shape index (κ1) is 25.1. The van der Waals surface area contributed by atoms with Crippen molar-refractivity contribution in [2.45, 2.75) is 65.3 Å². The first-order chi connectivity index (χ1) is 18.0. The van der Waals surface area contributed by atoms with Gasteiger partial charge in [-0.1, -0.05) is 56.3 Å². The van der Waals surface area contributed by atoms with Crippen LogP contribution in [0.5, 0.6) is 5.75 Å². The summed E-state index contributed by atoms with van der Waals surface area (Å²) >= 11 is 0. The molecule has 3 aromatic carbocycles. The average Bonchev–Trinajstić information content (AvgIpc) is 3.47. The Bertz CT molecular complexity index is 1370. The molecular formula is C32H37N3O2. The number of hydrogen-bond acceptors (Lipinski definition) is 3. The van der Waals surface area contributed by atoms with Crippen molar-refractivity contribution >= 4 is 22.6 Å². The minimum atomic E-state index is 0.0629. The van der Waals surface area contributed by atoms with Crippen molar-refractivity contribution in [3.8, 4) is 5.75 Å². The molecule has 0 radical (unpaired) electrons. The molecule has 4 aromatic rings. The number of benzene rings is 3. The van der Waals surface area contributed by atoms with Crippen LogP contribution in [0.4, 0.5) is 5.69 Å². The predicted octanol–water partition coefficient (Wildman–Crippen LogP) is 7.16. The van der Waals surface area contributed by atoms with E-state index in [9.17, 15) is 4.79 Å². The number of aromatic nitrogens is 2. The lowest BCUT2D eigenvalue weighted by Gasteiger charge is -2.21. The maximum absolute atomic E-state index is 13.2. The Morgan fingerprint density at radius 3 is 2.46 bits per heavy atom. The molecule has 5 heteroatoms. The number of hydrogen-bond donors (Lipinski definition) is 0. The summed E-state index contributed by atoms with van der Waals surface area (Å²) in [6.45, 7) is 10.7. The second-order valence-electron chi connectivity index (χ2n) is 10.3. The average molecular weight is 496 g/mol. The minimum Gasteiger partial charge on any atom is -0.494 e. The van der Waals surface area contributed by atoms with Crippen molar-refractivity contribution in [1.29, 1.82) is 0 Å². The van der Waals surface area contributed by atoms with Gasteiger partial charge in [0.15, 0.2) is 0 Å². The van der Waals surface area contributed by atoms with Crippen LogP contribution in [0.15, 0.2) is 66.7 Å². The van der Waals surface area contributed by atoms with Gasteiger partial charge in [-0.25, -0.2) is 4.98 Å². The molecule has 5 nitrogen and oxygen atoms in total. The topological polar surface area (TPSA) is 47.4 Å². The van der Waals surface area contributed by atoms with Gasteiger partial charge in [-0.05, 0) is 73.6 Å². The molecule has 5 rings (SSSR count). The molecule has 0 aliphatic carbocycles. The zero-order valence-electron chi connectivity index (χ0n) is 22.4. The second-order valence-corrected chi connectivity index (χ2v) is 10.3. The Morgan fingerprint density at radius 2 is 1.73 bits per heavy atom. The fourth-order valence-electron chi connectivity index (χ4n) is 5.51. The summed E-state index contributed by atoms with van der Waals surface area (Å²) < 4.78 is 8.37. The molecule has 1 aliphatic rings. The van der Waals surface area contributed by atoms with Crippen LogP contribution in [0.3, 0.4) is 0 Å². The van der Waals surface area contributed by atoms with Crippen molar-refractivity contribution in [2.75, 3.05) is 18.1 Å². The van der Waals surface area contributed by atoms with Gasteiger partial charge in [0.2, 0.25) is 5.91 Å². The molecule has 1 saturated heterocycles. The molecule has 1 aromatic heterocycles. The molecule has 0 saturated carbocycles. The molecule has 1 aliphatic heterocycles. The molecule has 0 bridgehead atoms. The van der Waals surface area contributed by atoms with Gasteiger partial charge in [0.05, 0.1) is 17.6 Å². The lowest BCUT2D eigenvalue weighted by molar-refractivity contribution is -0.117. The number of fused-ring (bicyclic) bond motifs is 1. The van der Waals surface area contributed by atoms with Crippen LogP contribution < -0.4 is 9.64 Å². The zero-order chi connectivity index (χ0) is 25.9. The third-order valence-corrected chi connectivity index (χ3v) is 7.74. The first-order valence-electron chi connectivity index (χ1n) is 13.5. The fourth-order valence-corrected chi connectivity index (χ4v) is 5.51. The van der Waals surface area contributed by atoms with Crippen LogP contribution >= 0.6 is 0 Å². The van der Waals surface area contributed by atoms with Gasteiger partial charge in [0.25, 0.3) is 0 Å². The van der Waals surface area contributed by atoms with Crippen LogP contribution in [-0.2, 0) is 11.3 Å². The highest BCUT2D eigenvalue weighted by atomic mass is 16.5. The van der Waals surface area contributed by atoms with E-state index in [0.717, 1.165) is 58.8 Å². The van der Waals surface area contributed by atoms with Gasteiger partial charge >= 0.3 is 0 Å². The Kier molecular flexibility index (Phi) is 7.31. The predicted molar refractivity (Wildman–Crippen MR) is 151 cm³/mol. The van der Waals surface area contributed by atoms with Gasteiger partial charge in [-0.3, -0.25) is 4.79 Å². The molecular weight excluding hydrogens is 458 g/mol. The van der Waals surface area contributed by atoms with Crippen molar-refractivity contribution < 1.29 is 9.53 Å². The number of carbonyl (C=O) groups excluding carboxylic acids is 1. The van der Waals surface area contributed by atoms with E-state index in [0.29, 0.717) is 25.5 Å². The van der Waals surface area contributed by atoms with Crippen LogP contribution in [0.1, 0.15) is 67.5 Å². The number of carbonyl (C=O) groups is 1. The molecule has 0 spiro atoms. The SMILES string of the molecule is CCC(C)c1ccc(OCCCn2c(C3CC(=O)N(c4c(C)cccc4C)C3)nc3ccccc32)cc1. The van der Waals surface area contributed by atoms with Gasteiger partial charge in [-0.2, -0.15) is 0 Å². The lowest BCUT2D eigenvalue weighted by Crippen LogP contribution is -2.26. The normalized spacial score (nSPS) is 16.5. The monoisotopic (exact) mass is 495 g/mol. The summed E-state index contributed by atoms with van der Waals surface area (Å²) in [5.74, 6) is 2.71. The third-order valence-electron chi connectivity index (χ3n) is 7.74. The Balaban J connectivity index is 1.31. The molecule has 192 valence electrons. The lowest BCUT2D eigenvalue weighted by atomic mass is 9.99. The molecule has 2 heterocycles. The zero-order valence-corrected chi connectivity index (χ0v) is 22.4. The van der Waals surface area contributed by atoms with E-state index in [-0.39, 0.29) is 11.8 Å². The van der Waals surface area contributed by atoms with Crippen molar-refractivity contribution in [3.05, 3.63) is 89.2 Å². The summed E-state index contributed by atoms with van der Waals surface area (Å²) in [6, 6.07) is 23.0. The quantitative estimate of drug-likeness (QED) is 0.232. The number of imidazole rings is 1. The highest BCUT2D eigenvalue weighted by Gasteiger charge is 2.35. The van der Waals surface area contributed by atoms with E-state index in [2.05, 4.69) is 86.9 Å². The highest BCUT2D eigenvalue weighted by molar-refractivity contribution is 5.98. The number of ether oxygens (including phenoxy) is 1. The van der Waals surface area contributed by atoms with Crippen LogP contribution in [0, 0.1) is 13.8 Å². The maximum atomic E-state index is 13.2. The van der Waals surface area contributed by atoms with E-state index in [1.54, 1.807) is 0 Å². The van der Waals surface area contributed by atoms with E-state index in [1.165, 1.54) is 5.56 Å². The smallest absolute Gasteiger partial charge is 0.227 e. The van der Waals surface area contributed by atoms with E-state index in [4.69, 9.17) is 9.72 Å². The standard InChI is InChI=1S/C32H37N3O2/c1-5-22(2)25-14-16-27(17-15-25)37-19-9-18-34-29-13-7-6-12-28(29)33-32(34)26-20-30(36)35(21-26)31-23(3)10-8-11-24(31)4/h6-8,10-17,22,26H,5,9,18-21H2,1-4H3. The minimum absolute atomic E-state index is 0.0629. The summed E-state index contributed by atoms with van der Waals surface area (Å²) in [6.07, 6.45) is 2.48. The number of para-hydroxylation sites is 3. The van der Waals surface area contributed by atoms with Crippen LogP contribution in [-0.4, -0.2) is 28.6 Å². The Labute approximate surface area is 220 Å². The molecule has 2 unspecified atom stereocenters. The second kappa shape index (κ2) is 10.8. The van der Waals surface area contributed by atoms with E-state index >= 15 is 0 Å². The number of amides is 1. The third kappa shape index (κ3) is 5.13. The molecule has 0 N–H and O–H groups in total. The van der Waals surface area contributed by atoms with Gasteiger partial charge in [-0.15, -0.1) is 0 Å². The number of anilines is 1. The number of aryl methyl sites for hydroxylation is 3. The van der Waals surface area contributed by atoms with Crippen molar-refractivity contribution in [1.82, 2.24) is 9.55 Å². The van der Waals surface area contributed by atoms with Crippen LogP contribution in [0.25, 0.3) is 11.0 Å². The van der Waals surface area contributed by atoms with Crippen LogP contribution in [0.2, 0.25) is 0 Å². The van der Waals surface area contributed by atoms with Gasteiger partial charge in [0, 0.05) is 31.1 Å².